The van der Waals surface area contributed by atoms with Crippen molar-refractivity contribution < 1.29 is 29.0 Å². The molecule has 1 amide bonds. The number of carbonyl (C=O) groups excluding carboxylic acids is 1. The number of carboxylic acid groups (broad SMARTS) is 2. The highest BCUT2D eigenvalue weighted by Gasteiger charge is 2.22. The summed E-state index contributed by atoms with van der Waals surface area (Å²) >= 11 is 1.74. The van der Waals surface area contributed by atoms with Crippen LogP contribution in [0.15, 0.2) is 53.4 Å². The molecule has 0 saturated carbocycles. The van der Waals surface area contributed by atoms with Gasteiger partial charge in [-0.3, -0.25) is 9.69 Å². The van der Waals surface area contributed by atoms with Crippen LogP contribution in [0.4, 0.5) is 4.39 Å². The fourth-order valence-corrected chi connectivity index (χ4v) is 3.31. The molecule has 160 valence electrons. The number of rotatable bonds is 4. The van der Waals surface area contributed by atoms with Gasteiger partial charge >= 0.3 is 11.9 Å². The molecule has 1 aliphatic heterocycles. The number of benzene rings is 2. The van der Waals surface area contributed by atoms with Gasteiger partial charge < -0.3 is 15.1 Å². The molecule has 0 spiro atoms. The Labute approximate surface area is 178 Å². The van der Waals surface area contributed by atoms with E-state index in [0.29, 0.717) is 18.7 Å². The number of aliphatic carboxylic acids is 2. The highest BCUT2D eigenvalue weighted by atomic mass is 32.2. The van der Waals surface area contributed by atoms with Crippen LogP contribution in [-0.2, 0) is 16.1 Å². The molecule has 2 aromatic carbocycles. The van der Waals surface area contributed by atoms with Gasteiger partial charge in [0.05, 0.1) is 0 Å². The molecule has 3 rings (SSSR count). The third kappa shape index (κ3) is 7.16. The first-order valence-electron chi connectivity index (χ1n) is 9.16. The van der Waals surface area contributed by atoms with Gasteiger partial charge in [-0.25, -0.2) is 14.0 Å². The van der Waals surface area contributed by atoms with E-state index in [1.54, 1.807) is 23.9 Å². The monoisotopic (exact) mass is 434 g/mol. The smallest absolute Gasteiger partial charge is 0.414 e. The van der Waals surface area contributed by atoms with Crippen molar-refractivity contribution in [2.45, 2.75) is 11.4 Å². The Hall–Kier alpha value is -2.91. The quantitative estimate of drug-likeness (QED) is 0.564. The lowest BCUT2D eigenvalue weighted by atomic mass is 10.1. The Balaban J connectivity index is 0.000000469. The summed E-state index contributed by atoms with van der Waals surface area (Å²) in [6, 6.07) is 14.5. The maximum absolute atomic E-state index is 13.3. The molecule has 30 heavy (non-hydrogen) atoms. The molecule has 0 atom stereocenters. The van der Waals surface area contributed by atoms with Crippen molar-refractivity contribution in [2.24, 2.45) is 0 Å². The van der Waals surface area contributed by atoms with E-state index in [1.807, 2.05) is 4.90 Å². The number of halogens is 1. The van der Waals surface area contributed by atoms with Gasteiger partial charge in [0.15, 0.2) is 0 Å². The standard InChI is InChI=1S/C19H21FN2OS.C2H2O4/c1-24-18-7-5-15(6-8-18)14-21-9-11-22(12-10-21)19(23)16-3-2-4-17(20)13-16;3-1(4)2(5)6/h2-8,13H,9-12,14H2,1H3;(H,3,4)(H,5,6). The highest BCUT2D eigenvalue weighted by molar-refractivity contribution is 7.98. The Morgan fingerprint density at radius 3 is 2.07 bits per heavy atom. The van der Waals surface area contributed by atoms with E-state index in [-0.39, 0.29) is 11.7 Å². The van der Waals surface area contributed by atoms with Crippen molar-refractivity contribution in [2.75, 3.05) is 32.4 Å². The Morgan fingerprint density at radius 2 is 1.57 bits per heavy atom. The van der Waals surface area contributed by atoms with Crippen LogP contribution < -0.4 is 0 Å². The van der Waals surface area contributed by atoms with Gasteiger partial charge in [-0.2, -0.15) is 0 Å². The highest BCUT2D eigenvalue weighted by Crippen LogP contribution is 2.17. The zero-order valence-corrected chi connectivity index (χ0v) is 17.3. The molecule has 1 fully saturated rings. The number of carboxylic acids is 2. The molecule has 0 radical (unpaired) electrons. The van der Waals surface area contributed by atoms with Gasteiger partial charge in [-0.05, 0) is 42.2 Å². The molecular formula is C21H23FN2O5S. The molecule has 7 nitrogen and oxygen atoms in total. The SMILES string of the molecule is CSc1ccc(CN2CCN(C(=O)c3cccc(F)c3)CC2)cc1.O=C(O)C(=O)O. The van der Waals surface area contributed by atoms with Crippen LogP contribution >= 0.6 is 11.8 Å². The van der Waals surface area contributed by atoms with Crippen LogP contribution in [0.25, 0.3) is 0 Å². The number of piperazine rings is 1. The van der Waals surface area contributed by atoms with Gasteiger partial charge in [-0.15, -0.1) is 11.8 Å². The zero-order chi connectivity index (χ0) is 22.1. The van der Waals surface area contributed by atoms with Crippen LogP contribution in [0.2, 0.25) is 0 Å². The topological polar surface area (TPSA) is 98.2 Å². The molecule has 0 aliphatic carbocycles. The molecule has 0 bridgehead atoms. The van der Waals surface area contributed by atoms with Crippen molar-refractivity contribution in [3.8, 4) is 0 Å². The fraction of sp³-hybridized carbons (Fsp3) is 0.286. The van der Waals surface area contributed by atoms with E-state index in [2.05, 4.69) is 35.4 Å². The molecular weight excluding hydrogens is 411 g/mol. The largest absolute Gasteiger partial charge is 0.473 e. The molecule has 2 N–H and O–H groups in total. The van der Waals surface area contributed by atoms with Crippen LogP contribution in [-0.4, -0.2) is 70.3 Å². The first-order valence-corrected chi connectivity index (χ1v) is 10.4. The van der Waals surface area contributed by atoms with E-state index < -0.39 is 11.9 Å². The van der Waals surface area contributed by atoms with Crippen LogP contribution in [0.5, 0.6) is 0 Å². The lowest BCUT2D eigenvalue weighted by Gasteiger charge is -2.34. The van der Waals surface area contributed by atoms with Gasteiger partial charge in [0.2, 0.25) is 0 Å². The number of hydrogen-bond donors (Lipinski definition) is 2. The molecule has 0 aromatic heterocycles. The summed E-state index contributed by atoms with van der Waals surface area (Å²) in [7, 11) is 0. The third-order valence-electron chi connectivity index (χ3n) is 4.48. The molecule has 9 heteroatoms. The summed E-state index contributed by atoms with van der Waals surface area (Å²) < 4.78 is 13.3. The van der Waals surface area contributed by atoms with E-state index >= 15 is 0 Å². The van der Waals surface area contributed by atoms with Crippen LogP contribution in [0.1, 0.15) is 15.9 Å². The predicted octanol–water partition coefficient (Wildman–Crippen LogP) is 2.66. The van der Waals surface area contributed by atoms with E-state index in [9.17, 15) is 9.18 Å². The summed E-state index contributed by atoms with van der Waals surface area (Å²) in [5, 5.41) is 14.8. The van der Waals surface area contributed by atoms with Crippen LogP contribution in [0.3, 0.4) is 0 Å². The van der Waals surface area contributed by atoms with Crippen molar-refractivity contribution >= 4 is 29.6 Å². The summed E-state index contributed by atoms with van der Waals surface area (Å²) in [6.45, 7) is 3.93. The minimum absolute atomic E-state index is 0.0847. The fourth-order valence-electron chi connectivity index (χ4n) is 2.90. The average molecular weight is 434 g/mol. The maximum atomic E-state index is 13.3. The van der Waals surface area contributed by atoms with E-state index in [1.165, 1.54) is 22.6 Å². The summed E-state index contributed by atoms with van der Waals surface area (Å²) in [4.78, 5) is 36.1. The lowest BCUT2D eigenvalue weighted by molar-refractivity contribution is -0.159. The van der Waals surface area contributed by atoms with Gasteiger partial charge in [0, 0.05) is 43.2 Å². The summed E-state index contributed by atoms with van der Waals surface area (Å²) in [5.74, 6) is -4.10. The normalized spacial score (nSPS) is 13.9. The number of carbonyl (C=O) groups is 3. The maximum Gasteiger partial charge on any atom is 0.414 e. The molecule has 1 aliphatic rings. The third-order valence-corrected chi connectivity index (χ3v) is 5.22. The van der Waals surface area contributed by atoms with E-state index in [0.717, 1.165) is 19.6 Å². The first-order chi connectivity index (χ1) is 14.3. The predicted molar refractivity (Wildman–Crippen MR) is 111 cm³/mol. The second-order valence-electron chi connectivity index (χ2n) is 6.54. The average Bonchev–Trinajstić information content (AvgIpc) is 2.75. The number of hydrogen-bond acceptors (Lipinski definition) is 5. The molecule has 2 aromatic rings. The number of thioether (sulfide) groups is 1. The summed E-state index contributed by atoms with van der Waals surface area (Å²) in [5.41, 5.74) is 1.72. The van der Waals surface area contributed by atoms with Crippen molar-refractivity contribution in [1.82, 2.24) is 9.80 Å². The zero-order valence-electron chi connectivity index (χ0n) is 16.5. The van der Waals surface area contributed by atoms with Gasteiger partial charge in [0.1, 0.15) is 5.82 Å². The first kappa shape index (κ1) is 23.4. The van der Waals surface area contributed by atoms with Gasteiger partial charge in [0.25, 0.3) is 5.91 Å². The minimum atomic E-state index is -1.82. The van der Waals surface area contributed by atoms with Crippen molar-refractivity contribution in [3.63, 3.8) is 0 Å². The Bertz CT molecular complexity index is 871. The van der Waals surface area contributed by atoms with E-state index in [4.69, 9.17) is 19.8 Å². The van der Waals surface area contributed by atoms with Crippen molar-refractivity contribution in [3.05, 3.63) is 65.5 Å². The number of nitrogens with zero attached hydrogens (tertiary/aromatic N) is 2. The summed E-state index contributed by atoms with van der Waals surface area (Å²) in [6.07, 6.45) is 2.07. The lowest BCUT2D eigenvalue weighted by Crippen LogP contribution is -2.48. The molecule has 1 heterocycles. The molecule has 0 unspecified atom stereocenters. The van der Waals surface area contributed by atoms with Crippen LogP contribution in [0, 0.1) is 5.82 Å². The Kier molecular flexibility index (Phi) is 8.82. The Morgan fingerprint density at radius 1 is 0.967 bits per heavy atom. The molecule has 1 saturated heterocycles. The second kappa shape index (κ2) is 11.3. The van der Waals surface area contributed by atoms with Gasteiger partial charge in [-0.1, -0.05) is 18.2 Å². The van der Waals surface area contributed by atoms with Crippen molar-refractivity contribution in [1.29, 1.82) is 0 Å². The number of amides is 1. The second-order valence-corrected chi connectivity index (χ2v) is 7.42. The minimum Gasteiger partial charge on any atom is -0.473 e.